The molecule has 0 saturated heterocycles. The maximum atomic E-state index is 13.1. The van der Waals surface area contributed by atoms with Crippen molar-refractivity contribution >= 4 is 11.8 Å². The highest BCUT2D eigenvalue weighted by Crippen LogP contribution is 2.26. The predicted molar refractivity (Wildman–Crippen MR) is 148 cm³/mol. The normalized spacial score (nSPS) is 12.1. The van der Waals surface area contributed by atoms with Gasteiger partial charge in [0, 0.05) is 42.2 Å². The first-order chi connectivity index (χ1) is 18.4. The second-order valence-corrected chi connectivity index (χ2v) is 10.9. The number of carbonyl (C=O) groups is 2. The van der Waals surface area contributed by atoms with Gasteiger partial charge in [-0.05, 0) is 50.5 Å². The molecule has 1 atom stereocenters. The van der Waals surface area contributed by atoms with Gasteiger partial charge in [-0.2, -0.15) is 5.26 Å². The van der Waals surface area contributed by atoms with E-state index in [9.17, 15) is 14.9 Å². The molecule has 1 aromatic heterocycles. The van der Waals surface area contributed by atoms with Gasteiger partial charge < -0.3 is 14.6 Å². The van der Waals surface area contributed by atoms with Crippen LogP contribution in [0.5, 0.6) is 5.75 Å². The lowest BCUT2D eigenvalue weighted by atomic mass is 9.96. The minimum atomic E-state index is -0.531. The van der Waals surface area contributed by atoms with Crippen molar-refractivity contribution in [2.45, 2.75) is 71.4 Å². The molecule has 39 heavy (non-hydrogen) atoms. The number of nitriles is 1. The Morgan fingerprint density at radius 2 is 1.85 bits per heavy atom. The van der Waals surface area contributed by atoms with E-state index < -0.39 is 5.91 Å². The number of hydrogen-bond acceptors (Lipinski definition) is 6. The predicted octanol–water partition coefficient (Wildman–Crippen LogP) is 4.67. The average Bonchev–Trinajstić information content (AvgIpc) is 3.29. The summed E-state index contributed by atoms with van der Waals surface area (Å²) in [6.07, 6.45) is 2.73. The van der Waals surface area contributed by atoms with Crippen molar-refractivity contribution in [3.8, 4) is 23.1 Å². The molecule has 0 aliphatic rings. The van der Waals surface area contributed by atoms with Crippen molar-refractivity contribution in [1.29, 1.82) is 5.26 Å². The largest absolute Gasteiger partial charge is 0.490 e. The second-order valence-electron chi connectivity index (χ2n) is 10.9. The number of nitrogens with one attached hydrogen (secondary N) is 2. The second kappa shape index (κ2) is 12.6. The highest BCUT2D eigenvalue weighted by molar-refractivity contribution is 5.95. The van der Waals surface area contributed by atoms with Crippen molar-refractivity contribution in [2.24, 2.45) is 7.05 Å². The van der Waals surface area contributed by atoms with Crippen LogP contribution in [0.15, 0.2) is 48.7 Å². The Morgan fingerprint density at radius 1 is 1.15 bits per heavy atom. The number of imidazole rings is 1. The number of ether oxygens (including phenoxy) is 1. The Bertz CT molecular complexity index is 1350. The molecule has 0 radical (unpaired) electrons. The van der Waals surface area contributed by atoms with Gasteiger partial charge >= 0.3 is 0 Å². The van der Waals surface area contributed by atoms with Crippen molar-refractivity contribution in [3.63, 3.8) is 0 Å². The number of aromatic nitrogens is 2. The van der Waals surface area contributed by atoms with Gasteiger partial charge in [0.1, 0.15) is 17.6 Å². The highest BCUT2D eigenvalue weighted by atomic mass is 16.5. The van der Waals surface area contributed by atoms with E-state index in [1.807, 2.05) is 55.9 Å². The number of carbonyl (C=O) groups excluding carboxylic acids is 2. The molecule has 2 aromatic carbocycles. The Morgan fingerprint density at radius 3 is 2.41 bits per heavy atom. The number of rotatable bonds is 10. The van der Waals surface area contributed by atoms with Gasteiger partial charge in [-0.1, -0.05) is 45.0 Å². The maximum Gasteiger partial charge on any atom is 0.251 e. The quantitative estimate of drug-likeness (QED) is 0.258. The lowest BCUT2D eigenvalue weighted by molar-refractivity contribution is -0.129. The SMILES string of the molecule is CC(C)Oc1ccc(C(=O)N[C@@H](CCC(=O)NO)Cc2ccc(-c3cn(C)c(C(C)(C)C)n3)cc2)cc1C#N. The fraction of sp³-hybridized carbons (Fsp3) is 0.400. The summed E-state index contributed by atoms with van der Waals surface area (Å²) in [5, 5.41) is 21.4. The minimum Gasteiger partial charge on any atom is -0.490 e. The van der Waals surface area contributed by atoms with Gasteiger partial charge in [-0.15, -0.1) is 0 Å². The van der Waals surface area contributed by atoms with Crippen LogP contribution < -0.4 is 15.5 Å². The molecule has 3 N–H and O–H groups in total. The van der Waals surface area contributed by atoms with E-state index in [0.717, 1.165) is 22.6 Å². The van der Waals surface area contributed by atoms with E-state index in [4.69, 9.17) is 14.9 Å². The van der Waals surface area contributed by atoms with Crippen LogP contribution in [0.1, 0.15) is 74.8 Å². The molecule has 2 amide bonds. The first-order valence-corrected chi connectivity index (χ1v) is 13.0. The molecule has 0 saturated carbocycles. The van der Waals surface area contributed by atoms with Gasteiger partial charge in [0.15, 0.2) is 0 Å². The van der Waals surface area contributed by atoms with Gasteiger partial charge in [-0.3, -0.25) is 14.8 Å². The summed E-state index contributed by atoms with van der Waals surface area (Å²) in [4.78, 5) is 29.6. The fourth-order valence-corrected chi connectivity index (χ4v) is 4.37. The highest BCUT2D eigenvalue weighted by Gasteiger charge is 2.21. The molecule has 0 aliphatic heterocycles. The van der Waals surface area contributed by atoms with Crippen molar-refractivity contribution in [1.82, 2.24) is 20.3 Å². The molecule has 206 valence electrons. The Labute approximate surface area is 229 Å². The lowest BCUT2D eigenvalue weighted by Crippen LogP contribution is -2.37. The molecule has 0 bridgehead atoms. The van der Waals surface area contributed by atoms with E-state index in [1.54, 1.807) is 17.6 Å². The molecule has 0 aliphatic carbocycles. The van der Waals surface area contributed by atoms with Crippen LogP contribution in [0.3, 0.4) is 0 Å². The standard InChI is InChI=1S/C30H37N5O4/c1-19(2)39-26-13-11-22(16-23(26)17-31)28(37)32-24(12-14-27(36)34-38)15-20-7-9-21(10-8-20)25-18-35(6)29(33-25)30(3,4)5/h7-11,13,16,18-19,24,38H,12,14-15H2,1-6H3,(H,32,37)(H,34,36)/t24-/m0/s1. The molecule has 1 heterocycles. The Balaban J connectivity index is 1.77. The minimum absolute atomic E-state index is 0.0354. The molecule has 0 spiro atoms. The summed E-state index contributed by atoms with van der Waals surface area (Å²) < 4.78 is 7.69. The summed E-state index contributed by atoms with van der Waals surface area (Å²) in [5.41, 5.74) is 4.99. The molecule has 0 fully saturated rings. The summed E-state index contributed by atoms with van der Waals surface area (Å²) in [6.45, 7) is 10.1. The van der Waals surface area contributed by atoms with E-state index in [-0.39, 0.29) is 35.5 Å². The van der Waals surface area contributed by atoms with Crippen LogP contribution in [-0.4, -0.2) is 38.7 Å². The van der Waals surface area contributed by atoms with Gasteiger partial charge in [0.05, 0.1) is 17.4 Å². The fourth-order valence-electron chi connectivity index (χ4n) is 4.37. The molecule has 9 nitrogen and oxygen atoms in total. The van der Waals surface area contributed by atoms with Crippen LogP contribution in [0, 0.1) is 11.3 Å². The van der Waals surface area contributed by atoms with Crippen LogP contribution in [-0.2, 0) is 23.7 Å². The summed E-state index contributed by atoms with van der Waals surface area (Å²) in [7, 11) is 1.99. The number of aryl methyl sites for hydroxylation is 1. The van der Waals surface area contributed by atoms with Crippen molar-refractivity contribution < 1.29 is 19.5 Å². The summed E-state index contributed by atoms with van der Waals surface area (Å²) in [5.74, 6) is 0.519. The summed E-state index contributed by atoms with van der Waals surface area (Å²) in [6, 6.07) is 14.4. The van der Waals surface area contributed by atoms with Gasteiger partial charge in [0.2, 0.25) is 5.91 Å². The smallest absolute Gasteiger partial charge is 0.251 e. The van der Waals surface area contributed by atoms with E-state index in [0.29, 0.717) is 24.2 Å². The lowest BCUT2D eigenvalue weighted by Gasteiger charge is -2.19. The molecular formula is C30H37N5O4. The van der Waals surface area contributed by atoms with Crippen LogP contribution in [0.4, 0.5) is 0 Å². The number of benzene rings is 2. The molecule has 3 rings (SSSR count). The van der Waals surface area contributed by atoms with Crippen molar-refractivity contribution in [2.75, 3.05) is 0 Å². The van der Waals surface area contributed by atoms with E-state index >= 15 is 0 Å². The average molecular weight is 532 g/mol. The zero-order valence-electron chi connectivity index (χ0n) is 23.4. The zero-order chi connectivity index (χ0) is 28.7. The molecule has 9 heteroatoms. The molecule has 3 aromatic rings. The summed E-state index contributed by atoms with van der Waals surface area (Å²) >= 11 is 0. The first-order valence-electron chi connectivity index (χ1n) is 13.0. The monoisotopic (exact) mass is 531 g/mol. The van der Waals surface area contributed by atoms with Crippen molar-refractivity contribution in [3.05, 3.63) is 71.2 Å². The van der Waals surface area contributed by atoms with E-state index in [2.05, 4.69) is 32.2 Å². The number of nitrogens with zero attached hydrogens (tertiary/aromatic N) is 3. The third kappa shape index (κ3) is 7.91. The van der Waals surface area contributed by atoms with Gasteiger partial charge in [-0.25, -0.2) is 10.5 Å². The third-order valence-corrected chi connectivity index (χ3v) is 6.18. The molecule has 0 unspecified atom stereocenters. The zero-order valence-corrected chi connectivity index (χ0v) is 23.4. The first kappa shape index (κ1) is 29.4. The number of hydroxylamine groups is 1. The van der Waals surface area contributed by atoms with Gasteiger partial charge in [0.25, 0.3) is 5.91 Å². The Kier molecular flexibility index (Phi) is 9.49. The number of hydrogen-bond donors (Lipinski definition) is 3. The molecular weight excluding hydrogens is 494 g/mol. The Hall–Kier alpha value is -4.16. The number of amides is 2. The van der Waals surface area contributed by atoms with Crippen LogP contribution in [0.25, 0.3) is 11.3 Å². The van der Waals surface area contributed by atoms with E-state index in [1.165, 1.54) is 6.07 Å². The topological polar surface area (TPSA) is 129 Å². The van der Waals surface area contributed by atoms with Crippen LogP contribution in [0.2, 0.25) is 0 Å². The van der Waals surface area contributed by atoms with Crippen LogP contribution >= 0.6 is 0 Å². The third-order valence-electron chi connectivity index (χ3n) is 6.18. The maximum absolute atomic E-state index is 13.1.